The van der Waals surface area contributed by atoms with Gasteiger partial charge in [-0.1, -0.05) is 25.7 Å². The van der Waals surface area contributed by atoms with Crippen molar-refractivity contribution in [1.29, 1.82) is 0 Å². The van der Waals surface area contributed by atoms with Crippen LogP contribution in [0.1, 0.15) is 77.0 Å². The summed E-state index contributed by atoms with van der Waals surface area (Å²) in [5, 5.41) is 0. The van der Waals surface area contributed by atoms with E-state index in [1.165, 1.54) is 0 Å². The van der Waals surface area contributed by atoms with Crippen LogP contribution in [-0.4, -0.2) is 25.2 Å². The van der Waals surface area contributed by atoms with Crippen molar-refractivity contribution in [2.75, 3.05) is 13.2 Å². The lowest BCUT2D eigenvalue weighted by molar-refractivity contribution is -0.144. The Morgan fingerprint density at radius 1 is 0.625 bits per heavy atom. The zero-order chi connectivity index (χ0) is 17.9. The highest BCUT2D eigenvalue weighted by molar-refractivity contribution is 5.69. The van der Waals surface area contributed by atoms with Gasteiger partial charge in [0, 0.05) is 25.7 Å². The highest BCUT2D eigenvalue weighted by Crippen LogP contribution is 2.10. The van der Waals surface area contributed by atoms with Gasteiger partial charge in [-0.25, -0.2) is 0 Å². The first-order valence-electron chi connectivity index (χ1n) is 8.89. The van der Waals surface area contributed by atoms with Gasteiger partial charge in [0.15, 0.2) is 0 Å². The van der Waals surface area contributed by atoms with Crippen LogP contribution in [0.5, 0.6) is 0 Å². The zero-order valence-electron chi connectivity index (χ0n) is 14.7. The molecule has 0 atom stereocenters. The molecule has 0 saturated heterocycles. The Bertz CT molecular complexity index is 374. The van der Waals surface area contributed by atoms with E-state index in [1.54, 1.807) is 0 Å². The molecule has 0 saturated carbocycles. The first-order valence-corrected chi connectivity index (χ1v) is 8.89. The fraction of sp³-hybridized carbons (Fsp3) is 0.700. The molecule has 0 fully saturated rings. The molecule has 0 amide bonds. The van der Waals surface area contributed by atoms with Crippen LogP contribution in [0.2, 0.25) is 0 Å². The van der Waals surface area contributed by atoms with Crippen LogP contribution in [0.4, 0.5) is 0 Å². The highest BCUT2D eigenvalue weighted by atomic mass is 16.5. The van der Waals surface area contributed by atoms with E-state index in [-0.39, 0.29) is 11.9 Å². The number of terminal acetylenes is 2. The molecular formula is C20H30O4. The molecular weight excluding hydrogens is 304 g/mol. The molecule has 0 N–H and O–H groups in total. The van der Waals surface area contributed by atoms with Crippen LogP contribution in [0.3, 0.4) is 0 Å². The third kappa shape index (κ3) is 16.4. The maximum atomic E-state index is 11.4. The highest BCUT2D eigenvalue weighted by Gasteiger charge is 2.03. The minimum atomic E-state index is -0.139. The predicted octanol–water partition coefficient (Wildman–Crippen LogP) is 4.02. The Hall–Kier alpha value is -1.94. The molecule has 0 aliphatic heterocycles. The molecule has 0 rings (SSSR count). The molecule has 0 aromatic heterocycles. The SMILES string of the molecule is C#CCCCOC(=O)CCCCCCCCC(=O)OCCCC#C. The number of carbonyl (C=O) groups excluding carboxylic acids is 2. The maximum absolute atomic E-state index is 11.4. The second kappa shape index (κ2) is 17.4. The minimum Gasteiger partial charge on any atom is -0.466 e. The molecule has 134 valence electrons. The van der Waals surface area contributed by atoms with E-state index in [0.717, 1.165) is 51.4 Å². The van der Waals surface area contributed by atoms with Crippen molar-refractivity contribution < 1.29 is 19.1 Å². The summed E-state index contributed by atoms with van der Waals surface area (Å²) in [7, 11) is 0. The Labute approximate surface area is 146 Å². The maximum Gasteiger partial charge on any atom is 0.305 e. The van der Waals surface area contributed by atoms with E-state index in [9.17, 15) is 9.59 Å². The van der Waals surface area contributed by atoms with Crippen molar-refractivity contribution >= 4 is 11.9 Å². The summed E-state index contributed by atoms with van der Waals surface area (Å²) < 4.78 is 10.1. The Balaban J connectivity index is 3.27. The lowest BCUT2D eigenvalue weighted by Gasteiger charge is -2.05. The number of ether oxygens (including phenoxy) is 2. The Kier molecular flexibility index (Phi) is 16.0. The second-order valence-electron chi connectivity index (χ2n) is 5.68. The number of rotatable bonds is 15. The van der Waals surface area contributed by atoms with Gasteiger partial charge in [-0.3, -0.25) is 9.59 Å². The minimum absolute atomic E-state index is 0.139. The molecule has 0 aliphatic rings. The standard InChI is InChI=1S/C20H30O4/c1-3-5-13-17-23-19(21)15-11-9-7-8-10-12-16-20(22)24-18-14-6-4-2/h1-2H,5-18H2. The van der Waals surface area contributed by atoms with Gasteiger partial charge in [-0.15, -0.1) is 24.7 Å². The normalized spacial score (nSPS) is 9.75. The summed E-state index contributed by atoms with van der Waals surface area (Å²) in [6, 6.07) is 0. The van der Waals surface area contributed by atoms with E-state index in [2.05, 4.69) is 11.8 Å². The fourth-order valence-corrected chi connectivity index (χ4v) is 2.11. The van der Waals surface area contributed by atoms with Gasteiger partial charge in [0.25, 0.3) is 0 Å². The molecule has 0 heterocycles. The van der Waals surface area contributed by atoms with E-state index in [0.29, 0.717) is 38.9 Å². The molecule has 0 aromatic carbocycles. The quantitative estimate of drug-likeness (QED) is 0.258. The molecule has 4 nitrogen and oxygen atoms in total. The Morgan fingerprint density at radius 2 is 1.00 bits per heavy atom. The predicted molar refractivity (Wildman–Crippen MR) is 95.0 cm³/mol. The molecule has 0 aromatic rings. The third-order valence-corrected chi connectivity index (χ3v) is 3.47. The number of esters is 2. The average molecular weight is 334 g/mol. The van der Waals surface area contributed by atoms with Gasteiger partial charge >= 0.3 is 11.9 Å². The van der Waals surface area contributed by atoms with Crippen molar-refractivity contribution in [1.82, 2.24) is 0 Å². The van der Waals surface area contributed by atoms with Crippen LogP contribution in [0, 0.1) is 24.7 Å². The summed E-state index contributed by atoms with van der Waals surface area (Å²) in [5.74, 6) is 4.75. The number of hydrogen-bond acceptors (Lipinski definition) is 4. The summed E-state index contributed by atoms with van der Waals surface area (Å²) in [6.07, 6.45) is 19.8. The van der Waals surface area contributed by atoms with Crippen LogP contribution in [0.25, 0.3) is 0 Å². The zero-order valence-corrected chi connectivity index (χ0v) is 14.7. The fourth-order valence-electron chi connectivity index (χ4n) is 2.11. The monoisotopic (exact) mass is 334 g/mol. The molecule has 4 heteroatoms. The number of carbonyl (C=O) groups is 2. The summed E-state index contributed by atoms with van der Waals surface area (Å²) in [6.45, 7) is 0.837. The van der Waals surface area contributed by atoms with E-state index in [1.807, 2.05) is 0 Å². The Morgan fingerprint density at radius 3 is 1.38 bits per heavy atom. The largest absolute Gasteiger partial charge is 0.466 e. The summed E-state index contributed by atoms with van der Waals surface area (Å²) in [4.78, 5) is 22.8. The van der Waals surface area contributed by atoms with E-state index in [4.69, 9.17) is 22.3 Å². The smallest absolute Gasteiger partial charge is 0.305 e. The summed E-state index contributed by atoms with van der Waals surface area (Å²) >= 11 is 0. The van der Waals surface area contributed by atoms with Crippen LogP contribution >= 0.6 is 0 Å². The van der Waals surface area contributed by atoms with Crippen molar-refractivity contribution in [2.24, 2.45) is 0 Å². The van der Waals surface area contributed by atoms with Gasteiger partial charge in [0.1, 0.15) is 0 Å². The van der Waals surface area contributed by atoms with Crippen LogP contribution < -0.4 is 0 Å². The lowest BCUT2D eigenvalue weighted by atomic mass is 10.1. The molecule has 0 spiro atoms. The van der Waals surface area contributed by atoms with Gasteiger partial charge in [0.2, 0.25) is 0 Å². The molecule has 0 radical (unpaired) electrons. The third-order valence-electron chi connectivity index (χ3n) is 3.47. The van der Waals surface area contributed by atoms with Gasteiger partial charge in [-0.05, 0) is 25.7 Å². The van der Waals surface area contributed by atoms with Crippen molar-refractivity contribution in [3.63, 3.8) is 0 Å². The van der Waals surface area contributed by atoms with Crippen molar-refractivity contribution in [3.8, 4) is 24.7 Å². The molecule has 24 heavy (non-hydrogen) atoms. The van der Waals surface area contributed by atoms with Crippen LogP contribution in [0.15, 0.2) is 0 Å². The average Bonchev–Trinajstić information content (AvgIpc) is 2.58. The molecule has 0 bridgehead atoms. The first kappa shape index (κ1) is 22.1. The lowest BCUT2D eigenvalue weighted by Crippen LogP contribution is -2.05. The molecule has 0 unspecified atom stereocenters. The summed E-state index contributed by atoms with van der Waals surface area (Å²) in [5.41, 5.74) is 0. The van der Waals surface area contributed by atoms with Gasteiger partial charge in [0.05, 0.1) is 13.2 Å². The topological polar surface area (TPSA) is 52.6 Å². The second-order valence-corrected chi connectivity index (χ2v) is 5.68. The number of hydrogen-bond donors (Lipinski definition) is 0. The van der Waals surface area contributed by atoms with E-state index < -0.39 is 0 Å². The van der Waals surface area contributed by atoms with Crippen molar-refractivity contribution in [3.05, 3.63) is 0 Å². The van der Waals surface area contributed by atoms with Crippen LogP contribution in [-0.2, 0) is 19.1 Å². The van der Waals surface area contributed by atoms with Gasteiger partial charge < -0.3 is 9.47 Å². The van der Waals surface area contributed by atoms with E-state index >= 15 is 0 Å². The van der Waals surface area contributed by atoms with Crippen molar-refractivity contribution in [2.45, 2.75) is 77.0 Å². The van der Waals surface area contributed by atoms with Gasteiger partial charge in [-0.2, -0.15) is 0 Å². The first-order chi connectivity index (χ1) is 11.7. The molecule has 0 aliphatic carbocycles. The number of unbranched alkanes of at least 4 members (excludes halogenated alkanes) is 7.